The van der Waals surface area contributed by atoms with Gasteiger partial charge in [-0.1, -0.05) is 6.92 Å². The number of rotatable bonds is 5. The van der Waals surface area contributed by atoms with Crippen molar-refractivity contribution in [3.05, 3.63) is 24.0 Å². The topological polar surface area (TPSA) is 129 Å². The number of anilines is 1. The van der Waals surface area contributed by atoms with E-state index >= 15 is 0 Å². The molecule has 0 fully saturated rings. The maximum absolute atomic E-state index is 13.7. The van der Waals surface area contributed by atoms with Crippen molar-refractivity contribution in [3.63, 3.8) is 0 Å². The molecule has 0 atom stereocenters. The summed E-state index contributed by atoms with van der Waals surface area (Å²) in [6, 6.07) is 1.53. The van der Waals surface area contributed by atoms with Gasteiger partial charge in [0.15, 0.2) is 21.3 Å². The van der Waals surface area contributed by atoms with Gasteiger partial charge in [0, 0.05) is 7.05 Å². The van der Waals surface area contributed by atoms with E-state index in [1.807, 2.05) is 0 Å². The second-order valence-corrected chi connectivity index (χ2v) is 10.9. The highest BCUT2D eigenvalue weighted by molar-refractivity contribution is 7.91. The lowest BCUT2D eigenvalue weighted by atomic mass is 10.2. The largest absolute Gasteiger partial charge is 0.459 e. The maximum atomic E-state index is 13.7. The van der Waals surface area contributed by atoms with Gasteiger partial charge in [0.25, 0.3) is 0 Å². The van der Waals surface area contributed by atoms with Crippen molar-refractivity contribution in [2.45, 2.75) is 50.3 Å². The van der Waals surface area contributed by atoms with Crippen LogP contribution >= 0.6 is 0 Å². The summed E-state index contributed by atoms with van der Waals surface area (Å²) in [5, 5.41) is 8.79. The number of ether oxygens (including phenoxy) is 1. The quantitative estimate of drug-likeness (QED) is 0.480. The fourth-order valence-corrected chi connectivity index (χ4v) is 4.05. The van der Waals surface area contributed by atoms with Gasteiger partial charge in [-0.05, 0) is 32.9 Å². The molecule has 0 aromatic carbocycles. The summed E-state index contributed by atoms with van der Waals surface area (Å²) in [5.74, 6) is -5.85. The average molecular weight is 536 g/mol. The van der Waals surface area contributed by atoms with Crippen LogP contribution in [0.5, 0.6) is 0 Å². The monoisotopic (exact) mass is 536 g/mol. The van der Waals surface area contributed by atoms with Crippen LogP contribution in [0.2, 0.25) is 0 Å². The third kappa shape index (κ3) is 5.22. The summed E-state index contributed by atoms with van der Waals surface area (Å²) in [6.45, 7) is 6.25. The van der Waals surface area contributed by atoms with Gasteiger partial charge in [-0.3, -0.25) is 5.32 Å². The van der Waals surface area contributed by atoms with E-state index in [0.29, 0.717) is 6.07 Å². The van der Waals surface area contributed by atoms with Crippen LogP contribution in [0.3, 0.4) is 0 Å². The predicted molar refractivity (Wildman–Crippen MR) is 117 cm³/mol. The number of carbonyl (C=O) groups is 1. The summed E-state index contributed by atoms with van der Waals surface area (Å²) in [6.07, 6.45) is -5.66. The van der Waals surface area contributed by atoms with E-state index in [4.69, 9.17) is 4.74 Å². The second kappa shape index (κ2) is 8.90. The Morgan fingerprint density at radius 2 is 1.75 bits per heavy atom. The molecule has 0 aliphatic heterocycles. The number of carbonyl (C=O) groups excluding carboxylic acids is 1. The summed E-state index contributed by atoms with van der Waals surface area (Å²) < 4.78 is 97.6. The Bertz CT molecular complexity index is 1430. The van der Waals surface area contributed by atoms with Crippen LogP contribution < -0.4 is 5.32 Å². The maximum Gasteiger partial charge on any atom is 0.459 e. The lowest BCUT2D eigenvalue weighted by Gasteiger charge is -2.20. The van der Waals surface area contributed by atoms with Gasteiger partial charge in [0.2, 0.25) is 0 Å². The van der Waals surface area contributed by atoms with Crippen LogP contribution in [0.25, 0.3) is 22.7 Å². The zero-order chi connectivity index (χ0) is 27.3. The zero-order valence-electron chi connectivity index (χ0n) is 19.6. The molecule has 0 spiro atoms. The molecule has 0 bridgehead atoms. The molecule has 16 heteroatoms. The number of aromatic nitrogens is 5. The molecule has 1 N–H and O–H groups in total. The summed E-state index contributed by atoms with van der Waals surface area (Å²) in [4.78, 5) is 19.8. The normalized spacial score (nSPS) is 13.2. The van der Waals surface area contributed by atoms with E-state index in [9.17, 15) is 35.2 Å². The van der Waals surface area contributed by atoms with Crippen LogP contribution in [0.1, 0.15) is 33.4 Å². The van der Waals surface area contributed by atoms with Crippen molar-refractivity contribution < 1.29 is 39.9 Å². The second-order valence-electron chi connectivity index (χ2n) is 8.61. The number of fused-ring (bicyclic) bond motifs is 1. The minimum absolute atomic E-state index is 0.0225. The smallest absolute Gasteiger partial charge is 0.444 e. The number of hydrogen-bond acceptors (Lipinski definition) is 8. The molecule has 3 rings (SSSR count). The summed E-state index contributed by atoms with van der Waals surface area (Å²) in [5.41, 5.74) is -3.34. The van der Waals surface area contributed by atoms with Gasteiger partial charge in [0.1, 0.15) is 22.5 Å². The fraction of sp³-hybridized carbons (Fsp3) is 0.450. The van der Waals surface area contributed by atoms with Crippen molar-refractivity contribution in [1.29, 1.82) is 0 Å². The average Bonchev–Trinajstić information content (AvgIpc) is 3.07. The first-order valence-electron chi connectivity index (χ1n) is 10.3. The van der Waals surface area contributed by atoms with Crippen molar-refractivity contribution in [3.8, 4) is 11.5 Å². The number of imidazole rings is 1. The fourth-order valence-electron chi connectivity index (χ4n) is 2.99. The molecule has 0 aliphatic rings. The number of amides is 1. The molecule has 0 saturated carbocycles. The van der Waals surface area contributed by atoms with Gasteiger partial charge in [-0.25, -0.2) is 23.2 Å². The Labute approximate surface area is 201 Å². The molecular formula is C20H21F5N6O4S. The number of halogens is 5. The number of sulfone groups is 1. The Balaban J connectivity index is 2.14. The molecule has 3 heterocycles. The summed E-state index contributed by atoms with van der Waals surface area (Å²) >= 11 is 0. The van der Waals surface area contributed by atoms with Crippen LogP contribution in [0, 0.1) is 0 Å². The number of alkyl halides is 5. The van der Waals surface area contributed by atoms with E-state index in [0.717, 1.165) is 16.8 Å². The van der Waals surface area contributed by atoms with E-state index in [-0.39, 0.29) is 39.0 Å². The molecule has 0 radical (unpaired) electrons. The standard InChI is InChI=1S/C20H21F5N6O4S/c1-6-36(33,34)12-7-10(27-17(32)35-18(2,3)4)9-26-14(12)16-28-11-8-13(19(21,22)20(23,24)25)29-30-15(11)31(16)5/h7-9H,6H2,1-5H3,(H,27,32). The van der Waals surface area contributed by atoms with Crippen molar-refractivity contribution >= 4 is 32.8 Å². The predicted octanol–water partition coefficient (Wildman–Crippen LogP) is 4.22. The lowest BCUT2D eigenvalue weighted by molar-refractivity contribution is -0.291. The molecule has 10 nitrogen and oxygen atoms in total. The third-order valence-electron chi connectivity index (χ3n) is 4.72. The third-order valence-corrected chi connectivity index (χ3v) is 6.46. The first-order chi connectivity index (χ1) is 16.4. The van der Waals surface area contributed by atoms with Crippen LogP contribution in [-0.4, -0.2) is 56.8 Å². The van der Waals surface area contributed by atoms with E-state index in [1.165, 1.54) is 14.0 Å². The molecule has 0 aliphatic carbocycles. The van der Waals surface area contributed by atoms with Gasteiger partial charge in [-0.2, -0.15) is 22.0 Å². The SMILES string of the molecule is CCS(=O)(=O)c1cc(NC(=O)OC(C)(C)C)cnc1-c1nc2cc(C(F)(F)C(F)(F)F)nnc2n1C. The van der Waals surface area contributed by atoms with Gasteiger partial charge in [-0.15, -0.1) is 10.2 Å². The first-order valence-corrected chi connectivity index (χ1v) is 11.9. The van der Waals surface area contributed by atoms with Gasteiger partial charge >= 0.3 is 18.2 Å². The zero-order valence-corrected chi connectivity index (χ0v) is 20.4. The number of pyridine rings is 1. The highest BCUT2D eigenvalue weighted by atomic mass is 32.2. The Kier molecular flexibility index (Phi) is 6.72. The molecular weight excluding hydrogens is 515 g/mol. The van der Waals surface area contributed by atoms with Crippen LogP contribution in [-0.2, 0) is 27.5 Å². The van der Waals surface area contributed by atoms with Crippen LogP contribution in [0.15, 0.2) is 23.2 Å². The Morgan fingerprint density at radius 1 is 1.11 bits per heavy atom. The molecule has 0 saturated heterocycles. The number of nitrogens with zero attached hydrogens (tertiary/aromatic N) is 5. The molecule has 36 heavy (non-hydrogen) atoms. The van der Waals surface area contributed by atoms with E-state index in [2.05, 4.69) is 25.5 Å². The molecule has 3 aromatic heterocycles. The molecule has 0 unspecified atom stereocenters. The number of hydrogen-bond donors (Lipinski definition) is 1. The number of aryl methyl sites for hydroxylation is 1. The van der Waals surface area contributed by atoms with Crippen molar-refractivity contribution in [2.24, 2.45) is 7.05 Å². The highest BCUT2D eigenvalue weighted by Crippen LogP contribution is 2.43. The van der Waals surface area contributed by atoms with Gasteiger partial charge < -0.3 is 9.30 Å². The Morgan fingerprint density at radius 3 is 2.31 bits per heavy atom. The van der Waals surface area contributed by atoms with E-state index in [1.54, 1.807) is 20.8 Å². The summed E-state index contributed by atoms with van der Waals surface area (Å²) in [7, 11) is -2.66. The van der Waals surface area contributed by atoms with Crippen LogP contribution in [0.4, 0.5) is 32.4 Å². The van der Waals surface area contributed by atoms with Crippen molar-refractivity contribution in [2.75, 3.05) is 11.1 Å². The minimum Gasteiger partial charge on any atom is -0.444 e. The number of nitrogens with one attached hydrogen (secondary N) is 1. The lowest BCUT2D eigenvalue weighted by Crippen LogP contribution is -2.34. The molecule has 1 amide bonds. The minimum atomic E-state index is -5.91. The highest BCUT2D eigenvalue weighted by Gasteiger charge is 2.60. The van der Waals surface area contributed by atoms with E-state index < -0.39 is 39.3 Å². The van der Waals surface area contributed by atoms with Crippen molar-refractivity contribution in [1.82, 2.24) is 24.7 Å². The molecule has 196 valence electrons. The van der Waals surface area contributed by atoms with Gasteiger partial charge in [0.05, 0.1) is 22.5 Å². The Hall–Kier alpha value is -3.43. The molecule has 3 aromatic rings. The first kappa shape index (κ1) is 27.2.